The van der Waals surface area contributed by atoms with Crippen LogP contribution in [0.15, 0.2) is 40.8 Å². The van der Waals surface area contributed by atoms with Crippen molar-refractivity contribution in [3.05, 3.63) is 57.8 Å². The van der Waals surface area contributed by atoms with Crippen LogP contribution in [0, 0.1) is 10.1 Å². The minimum Gasteiger partial charge on any atom is -0.441 e. The Morgan fingerprint density at radius 2 is 1.79 bits per heavy atom. The van der Waals surface area contributed by atoms with E-state index >= 15 is 0 Å². The lowest BCUT2D eigenvalue weighted by molar-refractivity contribution is -0.384. The first-order valence-corrected chi connectivity index (χ1v) is 5.76. The molecule has 0 unspecified atom stereocenters. The van der Waals surface area contributed by atoms with Crippen molar-refractivity contribution in [2.24, 2.45) is 0 Å². The van der Waals surface area contributed by atoms with Crippen LogP contribution < -0.4 is 4.90 Å². The molecule has 0 saturated carbocycles. The van der Waals surface area contributed by atoms with Gasteiger partial charge in [-0.2, -0.15) is 0 Å². The summed E-state index contributed by atoms with van der Waals surface area (Å²) < 4.78 is 5.56. The van der Waals surface area contributed by atoms with Crippen LogP contribution in [0.3, 0.4) is 0 Å². The molecule has 0 amide bonds. The second-order valence-electron chi connectivity index (χ2n) is 4.25. The highest BCUT2D eigenvalue weighted by Crippen LogP contribution is 2.19. The molecule has 19 heavy (non-hydrogen) atoms. The predicted octanol–water partition coefficient (Wildman–Crippen LogP) is 3.42. The van der Waals surface area contributed by atoms with Crippen molar-refractivity contribution in [2.75, 3.05) is 19.0 Å². The van der Waals surface area contributed by atoms with E-state index in [9.17, 15) is 10.1 Å². The number of rotatable bonds is 4. The average molecular weight is 258 g/mol. The zero-order valence-corrected chi connectivity index (χ0v) is 10.7. The third-order valence-corrected chi connectivity index (χ3v) is 2.60. The van der Waals surface area contributed by atoms with Crippen LogP contribution in [-0.2, 0) is 0 Å². The number of nitro benzene ring substituents is 1. The number of hydrogen-bond donors (Lipinski definition) is 0. The fourth-order valence-electron chi connectivity index (χ4n) is 1.56. The summed E-state index contributed by atoms with van der Waals surface area (Å²) in [6.45, 7) is 0. The molecule has 0 aliphatic carbocycles. The van der Waals surface area contributed by atoms with Gasteiger partial charge in [-0.3, -0.25) is 10.1 Å². The summed E-state index contributed by atoms with van der Waals surface area (Å²) in [7, 11) is 3.81. The number of anilines is 1. The second kappa shape index (κ2) is 5.39. The highest BCUT2D eigenvalue weighted by molar-refractivity contribution is 5.68. The summed E-state index contributed by atoms with van der Waals surface area (Å²) in [5.74, 6) is 1.52. The maximum absolute atomic E-state index is 10.5. The Hall–Kier alpha value is -2.56. The van der Waals surface area contributed by atoms with Crippen LogP contribution in [0.4, 0.5) is 11.6 Å². The Morgan fingerprint density at radius 1 is 1.11 bits per heavy atom. The SMILES string of the molecule is CN(C)c1ccc(C=Cc2ccc([N+](=O)[O-])cc2)o1. The highest BCUT2D eigenvalue weighted by Gasteiger charge is 2.03. The summed E-state index contributed by atoms with van der Waals surface area (Å²) in [5.41, 5.74) is 0.971. The Labute approximate surface area is 110 Å². The summed E-state index contributed by atoms with van der Waals surface area (Å²) in [6.07, 6.45) is 3.68. The Kier molecular flexibility index (Phi) is 3.66. The molecular weight excluding hydrogens is 244 g/mol. The number of nitro groups is 1. The maximum atomic E-state index is 10.5. The molecule has 1 aromatic carbocycles. The van der Waals surface area contributed by atoms with E-state index in [1.165, 1.54) is 12.1 Å². The number of non-ortho nitro benzene ring substituents is 1. The molecule has 0 spiro atoms. The molecule has 0 saturated heterocycles. The van der Waals surface area contributed by atoms with Gasteiger partial charge in [-0.25, -0.2) is 0 Å². The predicted molar refractivity (Wildman–Crippen MR) is 75.1 cm³/mol. The molecule has 0 aliphatic heterocycles. The molecule has 5 nitrogen and oxygen atoms in total. The van der Waals surface area contributed by atoms with E-state index in [2.05, 4.69) is 0 Å². The minimum absolute atomic E-state index is 0.0880. The summed E-state index contributed by atoms with van der Waals surface area (Å²) in [6, 6.07) is 10.1. The highest BCUT2D eigenvalue weighted by atomic mass is 16.6. The molecule has 1 aromatic heterocycles. The zero-order valence-electron chi connectivity index (χ0n) is 10.7. The standard InChI is InChI=1S/C14H14N2O3/c1-15(2)14-10-9-13(19-14)8-5-11-3-6-12(7-4-11)16(17)18/h3-10H,1-2H3. The molecule has 5 heteroatoms. The van der Waals surface area contributed by atoms with Crippen LogP contribution in [-0.4, -0.2) is 19.0 Å². The monoisotopic (exact) mass is 258 g/mol. The molecule has 0 bridgehead atoms. The number of benzene rings is 1. The summed E-state index contributed by atoms with van der Waals surface area (Å²) in [5, 5.41) is 10.5. The lowest BCUT2D eigenvalue weighted by Crippen LogP contribution is -2.06. The summed E-state index contributed by atoms with van der Waals surface area (Å²) >= 11 is 0. The number of furan rings is 1. The van der Waals surface area contributed by atoms with Crippen molar-refractivity contribution in [3.8, 4) is 0 Å². The largest absolute Gasteiger partial charge is 0.441 e. The molecular formula is C14H14N2O3. The Bertz CT molecular complexity index is 597. The molecule has 2 rings (SSSR count). The van der Waals surface area contributed by atoms with Gasteiger partial charge in [-0.15, -0.1) is 0 Å². The number of nitrogens with zero attached hydrogens (tertiary/aromatic N) is 2. The van der Waals surface area contributed by atoms with Gasteiger partial charge in [-0.05, 0) is 29.8 Å². The normalized spacial score (nSPS) is 10.8. The van der Waals surface area contributed by atoms with Crippen molar-refractivity contribution in [1.29, 1.82) is 0 Å². The van der Waals surface area contributed by atoms with Crippen LogP contribution in [0.1, 0.15) is 11.3 Å². The van der Waals surface area contributed by atoms with Gasteiger partial charge in [0.05, 0.1) is 4.92 Å². The van der Waals surface area contributed by atoms with E-state index in [0.29, 0.717) is 0 Å². The van der Waals surface area contributed by atoms with Gasteiger partial charge in [0.25, 0.3) is 5.69 Å². The van der Waals surface area contributed by atoms with Crippen molar-refractivity contribution >= 4 is 23.7 Å². The number of hydrogen-bond acceptors (Lipinski definition) is 4. The van der Waals surface area contributed by atoms with E-state index < -0.39 is 4.92 Å². The van der Waals surface area contributed by atoms with Gasteiger partial charge < -0.3 is 9.32 Å². The third-order valence-electron chi connectivity index (χ3n) is 2.60. The van der Waals surface area contributed by atoms with Crippen LogP contribution >= 0.6 is 0 Å². The molecule has 0 N–H and O–H groups in total. The molecule has 1 heterocycles. The maximum Gasteiger partial charge on any atom is 0.269 e. The van der Waals surface area contributed by atoms with Gasteiger partial charge in [0, 0.05) is 32.3 Å². The van der Waals surface area contributed by atoms with E-state index in [0.717, 1.165) is 17.2 Å². The van der Waals surface area contributed by atoms with E-state index in [1.807, 2.05) is 43.3 Å². The summed E-state index contributed by atoms with van der Waals surface area (Å²) in [4.78, 5) is 12.0. The van der Waals surface area contributed by atoms with Crippen LogP contribution in [0.5, 0.6) is 0 Å². The molecule has 0 radical (unpaired) electrons. The minimum atomic E-state index is -0.413. The van der Waals surface area contributed by atoms with E-state index in [1.54, 1.807) is 12.1 Å². The lowest BCUT2D eigenvalue weighted by Gasteiger charge is -2.05. The average Bonchev–Trinajstić information content (AvgIpc) is 2.86. The van der Waals surface area contributed by atoms with Crippen molar-refractivity contribution in [3.63, 3.8) is 0 Å². The van der Waals surface area contributed by atoms with Gasteiger partial charge in [0.1, 0.15) is 5.76 Å². The Morgan fingerprint density at radius 3 is 2.32 bits per heavy atom. The molecule has 2 aromatic rings. The van der Waals surface area contributed by atoms with Crippen molar-refractivity contribution in [1.82, 2.24) is 0 Å². The van der Waals surface area contributed by atoms with Crippen LogP contribution in [0.2, 0.25) is 0 Å². The lowest BCUT2D eigenvalue weighted by atomic mass is 10.2. The van der Waals surface area contributed by atoms with Gasteiger partial charge >= 0.3 is 0 Å². The fraction of sp³-hybridized carbons (Fsp3) is 0.143. The molecule has 0 fully saturated rings. The van der Waals surface area contributed by atoms with Gasteiger partial charge in [0.15, 0.2) is 5.88 Å². The topological polar surface area (TPSA) is 59.5 Å². The first-order chi connectivity index (χ1) is 9.06. The molecule has 0 aliphatic rings. The smallest absolute Gasteiger partial charge is 0.269 e. The van der Waals surface area contributed by atoms with Crippen LogP contribution in [0.25, 0.3) is 12.2 Å². The Balaban J connectivity index is 2.11. The third kappa shape index (κ3) is 3.22. The van der Waals surface area contributed by atoms with Crippen molar-refractivity contribution in [2.45, 2.75) is 0 Å². The van der Waals surface area contributed by atoms with Gasteiger partial charge in [-0.1, -0.05) is 6.08 Å². The first kappa shape index (κ1) is 12.9. The zero-order chi connectivity index (χ0) is 13.8. The second-order valence-corrected chi connectivity index (χ2v) is 4.25. The van der Waals surface area contributed by atoms with E-state index in [-0.39, 0.29) is 5.69 Å². The fourth-order valence-corrected chi connectivity index (χ4v) is 1.56. The molecule has 0 atom stereocenters. The van der Waals surface area contributed by atoms with Crippen molar-refractivity contribution < 1.29 is 9.34 Å². The first-order valence-electron chi connectivity index (χ1n) is 5.76. The van der Waals surface area contributed by atoms with E-state index in [4.69, 9.17) is 4.42 Å². The van der Waals surface area contributed by atoms with Gasteiger partial charge in [0.2, 0.25) is 0 Å². The molecule has 98 valence electrons. The quantitative estimate of drug-likeness (QED) is 0.622.